The number of ether oxygens (including phenoxy) is 2. The molecule has 1 amide bonds. The van der Waals surface area contributed by atoms with Crippen LogP contribution in [0.4, 0.5) is 14.5 Å². The number of anilines is 1. The Labute approximate surface area is 131 Å². The molecule has 0 spiro atoms. The van der Waals surface area contributed by atoms with E-state index in [9.17, 15) is 13.6 Å². The average Bonchev–Trinajstić information content (AvgIpc) is 2.59. The molecule has 1 atom stereocenters. The molecule has 0 saturated carbocycles. The van der Waals surface area contributed by atoms with Gasteiger partial charge < -0.3 is 9.47 Å². The number of halogens is 2. The maximum absolute atomic E-state index is 14.1. The smallest absolute Gasteiger partial charge is 0.349 e. The molecular weight excluding hydrogens is 304 g/mol. The van der Waals surface area contributed by atoms with Gasteiger partial charge in [0.25, 0.3) is 0 Å². The molecular formula is C17H13F2NO3. The summed E-state index contributed by atoms with van der Waals surface area (Å²) in [7, 11) is 0. The third-order valence-electron chi connectivity index (χ3n) is 4.02. The Morgan fingerprint density at radius 2 is 1.70 bits per heavy atom. The maximum Gasteiger partial charge on any atom is 0.349 e. The van der Waals surface area contributed by atoms with Crippen LogP contribution >= 0.6 is 0 Å². The Kier molecular flexibility index (Phi) is 3.01. The monoisotopic (exact) mass is 317 g/mol. The van der Waals surface area contributed by atoms with Crippen molar-refractivity contribution in [1.82, 2.24) is 0 Å². The van der Waals surface area contributed by atoms with Crippen LogP contribution in [-0.4, -0.2) is 25.0 Å². The molecule has 1 saturated heterocycles. The van der Waals surface area contributed by atoms with Gasteiger partial charge in [-0.05, 0) is 17.7 Å². The molecule has 2 aromatic rings. The number of hydrogen-bond acceptors (Lipinski definition) is 3. The number of carbonyl (C=O) groups excluding carboxylic acids is 1. The first-order valence-corrected chi connectivity index (χ1v) is 7.25. The lowest BCUT2D eigenvalue weighted by molar-refractivity contribution is -0.162. The van der Waals surface area contributed by atoms with Gasteiger partial charge in [-0.1, -0.05) is 30.3 Å². The standard InChI is InChI=1S/C17H13F2NO3/c18-17(19)15(11-4-2-1-3-5-11)20(16(17)21)12-6-7-13-14(10-12)23-9-8-22-13/h1-7,10,15H,8-9H2/t15-/m0/s1. The number of amides is 1. The largest absolute Gasteiger partial charge is 0.486 e. The number of hydrogen-bond donors (Lipinski definition) is 0. The van der Waals surface area contributed by atoms with Crippen molar-refractivity contribution in [2.24, 2.45) is 0 Å². The third kappa shape index (κ3) is 2.05. The van der Waals surface area contributed by atoms with Gasteiger partial charge in [0.15, 0.2) is 11.5 Å². The normalized spacial score (nSPS) is 21.7. The predicted molar refractivity (Wildman–Crippen MR) is 79.0 cm³/mol. The van der Waals surface area contributed by atoms with Gasteiger partial charge >= 0.3 is 11.8 Å². The summed E-state index contributed by atoms with van der Waals surface area (Å²) < 4.78 is 39.1. The predicted octanol–water partition coefficient (Wildman–Crippen LogP) is 3.18. The van der Waals surface area contributed by atoms with Crippen molar-refractivity contribution in [2.45, 2.75) is 12.0 Å². The van der Waals surface area contributed by atoms with E-state index < -0.39 is 17.9 Å². The topological polar surface area (TPSA) is 38.8 Å². The van der Waals surface area contributed by atoms with Crippen molar-refractivity contribution in [3.63, 3.8) is 0 Å². The summed E-state index contributed by atoms with van der Waals surface area (Å²) in [6.45, 7) is 0.836. The number of β-lactam (4-membered cyclic amide) rings is 1. The van der Waals surface area contributed by atoms with Crippen LogP contribution in [0.3, 0.4) is 0 Å². The summed E-state index contributed by atoms with van der Waals surface area (Å²) in [6.07, 6.45) is 0. The van der Waals surface area contributed by atoms with Crippen molar-refractivity contribution in [1.29, 1.82) is 0 Å². The molecule has 2 aliphatic heterocycles. The molecule has 0 radical (unpaired) electrons. The Morgan fingerprint density at radius 3 is 2.43 bits per heavy atom. The first-order valence-electron chi connectivity index (χ1n) is 7.25. The molecule has 4 rings (SSSR count). The second-order valence-electron chi connectivity index (χ2n) is 5.44. The minimum absolute atomic E-state index is 0.374. The highest BCUT2D eigenvalue weighted by Gasteiger charge is 2.64. The highest BCUT2D eigenvalue weighted by molar-refractivity contribution is 6.07. The summed E-state index contributed by atoms with van der Waals surface area (Å²) in [6, 6.07) is 11.8. The average molecular weight is 317 g/mol. The minimum Gasteiger partial charge on any atom is -0.486 e. The molecule has 4 nitrogen and oxygen atoms in total. The number of carbonyl (C=O) groups is 1. The van der Waals surface area contributed by atoms with Crippen LogP contribution < -0.4 is 14.4 Å². The summed E-state index contributed by atoms with van der Waals surface area (Å²) in [5.41, 5.74) is 0.769. The molecule has 0 aromatic heterocycles. The Hall–Kier alpha value is -2.63. The van der Waals surface area contributed by atoms with Gasteiger partial charge in [0.1, 0.15) is 19.3 Å². The van der Waals surface area contributed by atoms with E-state index in [1.807, 2.05) is 0 Å². The number of benzene rings is 2. The molecule has 0 bridgehead atoms. The first kappa shape index (κ1) is 14.0. The van der Waals surface area contributed by atoms with Crippen LogP contribution in [-0.2, 0) is 4.79 Å². The summed E-state index contributed by atoms with van der Waals surface area (Å²) in [5, 5.41) is 0. The second kappa shape index (κ2) is 4.94. The third-order valence-corrected chi connectivity index (χ3v) is 4.02. The molecule has 118 valence electrons. The van der Waals surface area contributed by atoms with Crippen LogP contribution in [0.1, 0.15) is 11.6 Å². The van der Waals surface area contributed by atoms with E-state index in [0.717, 1.165) is 4.90 Å². The molecule has 0 N–H and O–H groups in total. The fourth-order valence-corrected chi connectivity index (χ4v) is 2.93. The van der Waals surface area contributed by atoms with E-state index in [-0.39, 0.29) is 0 Å². The second-order valence-corrected chi connectivity index (χ2v) is 5.44. The van der Waals surface area contributed by atoms with Gasteiger partial charge in [-0.25, -0.2) is 0 Å². The van der Waals surface area contributed by atoms with Crippen molar-refractivity contribution in [3.05, 3.63) is 54.1 Å². The minimum atomic E-state index is -3.41. The lowest BCUT2D eigenvalue weighted by Crippen LogP contribution is -2.64. The molecule has 2 aliphatic rings. The van der Waals surface area contributed by atoms with E-state index in [1.165, 1.54) is 0 Å². The van der Waals surface area contributed by atoms with Crippen LogP contribution in [0.2, 0.25) is 0 Å². The lowest BCUT2D eigenvalue weighted by Gasteiger charge is -2.46. The number of nitrogens with zero attached hydrogens (tertiary/aromatic N) is 1. The maximum atomic E-state index is 14.1. The Bertz CT molecular complexity index is 764. The van der Waals surface area contributed by atoms with E-state index in [4.69, 9.17) is 9.47 Å². The number of fused-ring (bicyclic) bond motifs is 1. The fraction of sp³-hybridized carbons (Fsp3) is 0.235. The van der Waals surface area contributed by atoms with Gasteiger partial charge in [0.2, 0.25) is 0 Å². The van der Waals surface area contributed by atoms with Gasteiger partial charge in [-0.2, -0.15) is 8.78 Å². The van der Waals surface area contributed by atoms with E-state index >= 15 is 0 Å². The zero-order valence-corrected chi connectivity index (χ0v) is 12.0. The summed E-state index contributed by atoms with van der Waals surface area (Å²) in [5.74, 6) is -3.60. The van der Waals surface area contributed by atoms with Crippen molar-refractivity contribution in [2.75, 3.05) is 18.1 Å². The van der Waals surface area contributed by atoms with E-state index in [0.29, 0.717) is 36.0 Å². The highest BCUT2D eigenvalue weighted by atomic mass is 19.3. The van der Waals surface area contributed by atoms with Gasteiger partial charge in [0.05, 0.1) is 0 Å². The van der Waals surface area contributed by atoms with Crippen molar-refractivity contribution < 1.29 is 23.0 Å². The van der Waals surface area contributed by atoms with Gasteiger partial charge in [0, 0.05) is 11.8 Å². The number of alkyl halides is 2. The first-order chi connectivity index (χ1) is 11.1. The Morgan fingerprint density at radius 1 is 1.00 bits per heavy atom. The quantitative estimate of drug-likeness (QED) is 0.799. The van der Waals surface area contributed by atoms with E-state index in [2.05, 4.69) is 0 Å². The molecule has 2 aromatic carbocycles. The molecule has 0 aliphatic carbocycles. The van der Waals surface area contributed by atoms with Gasteiger partial charge in [-0.3, -0.25) is 9.69 Å². The Balaban J connectivity index is 1.74. The number of rotatable bonds is 2. The zero-order chi connectivity index (χ0) is 16.0. The molecule has 23 heavy (non-hydrogen) atoms. The van der Waals surface area contributed by atoms with Crippen LogP contribution in [0.25, 0.3) is 0 Å². The van der Waals surface area contributed by atoms with E-state index in [1.54, 1.807) is 48.5 Å². The molecule has 0 unspecified atom stereocenters. The van der Waals surface area contributed by atoms with Crippen LogP contribution in [0.15, 0.2) is 48.5 Å². The zero-order valence-electron chi connectivity index (χ0n) is 12.0. The molecule has 1 fully saturated rings. The van der Waals surface area contributed by atoms with Crippen molar-refractivity contribution >= 4 is 11.6 Å². The highest BCUT2D eigenvalue weighted by Crippen LogP contribution is 2.50. The fourth-order valence-electron chi connectivity index (χ4n) is 2.93. The lowest BCUT2D eigenvalue weighted by atomic mass is 9.89. The summed E-state index contributed by atoms with van der Waals surface area (Å²) in [4.78, 5) is 13.0. The summed E-state index contributed by atoms with van der Waals surface area (Å²) >= 11 is 0. The van der Waals surface area contributed by atoms with Crippen LogP contribution in [0, 0.1) is 0 Å². The van der Waals surface area contributed by atoms with Crippen molar-refractivity contribution in [3.8, 4) is 11.5 Å². The molecule has 6 heteroatoms. The van der Waals surface area contributed by atoms with Gasteiger partial charge in [-0.15, -0.1) is 0 Å². The molecule has 2 heterocycles. The van der Waals surface area contributed by atoms with Crippen LogP contribution in [0.5, 0.6) is 11.5 Å². The SMILES string of the molecule is O=C1N(c2ccc3c(c2)OCCO3)[C@@H](c2ccccc2)C1(F)F.